The molecule has 0 aliphatic heterocycles. The summed E-state index contributed by atoms with van der Waals surface area (Å²) in [5, 5.41) is 27.2. The zero-order valence-corrected chi connectivity index (χ0v) is 18.4. The first-order chi connectivity index (χ1) is 12.4. The zero-order chi connectivity index (χ0) is 22.7. The fourth-order valence-electron chi connectivity index (χ4n) is 1.99. The molecule has 0 aliphatic rings. The first kappa shape index (κ1) is 28.7. The van der Waals surface area contributed by atoms with Crippen LogP contribution in [0.1, 0.15) is 81.1 Å². The Morgan fingerprint density at radius 2 is 1.18 bits per heavy atom. The molecule has 0 saturated carbocycles. The molecule has 3 atom stereocenters. The van der Waals surface area contributed by atoms with Crippen molar-refractivity contribution < 1.29 is 39.2 Å². The smallest absolute Gasteiger partial charge is 0.313 e. The molecule has 0 heterocycles. The molecule has 8 heteroatoms. The number of hydrogen-bond donors (Lipinski definition) is 3. The highest BCUT2D eigenvalue weighted by molar-refractivity contribution is 5.95. The molecule has 0 spiro atoms. The molecular weight excluding hydrogens is 368 g/mol. The van der Waals surface area contributed by atoms with E-state index in [-0.39, 0.29) is 31.5 Å². The summed E-state index contributed by atoms with van der Waals surface area (Å²) in [6.07, 6.45) is -2.27. The topological polar surface area (TPSA) is 130 Å². The molecule has 0 aliphatic carbocycles. The van der Waals surface area contributed by atoms with Crippen LogP contribution in [0.2, 0.25) is 0 Å². The van der Waals surface area contributed by atoms with Gasteiger partial charge in [0.1, 0.15) is 23.4 Å². The van der Waals surface area contributed by atoms with Crippen LogP contribution < -0.4 is 0 Å². The Bertz CT molecular complexity index is 483. The van der Waals surface area contributed by atoms with Gasteiger partial charge in [-0.25, -0.2) is 0 Å². The van der Waals surface area contributed by atoms with Gasteiger partial charge < -0.3 is 24.8 Å². The average molecular weight is 407 g/mol. The van der Waals surface area contributed by atoms with Gasteiger partial charge in [0.25, 0.3) is 0 Å². The summed E-state index contributed by atoms with van der Waals surface area (Å²) in [5.41, 5.74) is -1.09. The van der Waals surface area contributed by atoms with E-state index in [1.165, 1.54) is 6.92 Å². The Balaban J connectivity index is 0. The van der Waals surface area contributed by atoms with E-state index in [4.69, 9.17) is 19.7 Å². The van der Waals surface area contributed by atoms with Crippen molar-refractivity contribution in [1.29, 1.82) is 0 Å². The Kier molecular flexibility index (Phi) is 13.2. The average Bonchev–Trinajstić information content (AvgIpc) is 2.30. The van der Waals surface area contributed by atoms with Crippen molar-refractivity contribution >= 4 is 17.7 Å². The highest BCUT2D eigenvalue weighted by atomic mass is 16.6. The van der Waals surface area contributed by atoms with E-state index in [9.17, 15) is 19.5 Å². The number of hydrogen-bond acceptors (Lipinski definition) is 8. The third-order valence-corrected chi connectivity index (χ3v) is 2.72. The van der Waals surface area contributed by atoms with Crippen LogP contribution in [-0.4, -0.2) is 62.6 Å². The molecule has 0 aromatic carbocycles. The zero-order valence-electron chi connectivity index (χ0n) is 18.4. The molecule has 166 valence electrons. The maximum atomic E-state index is 11.2. The molecular formula is C20H38O8. The van der Waals surface area contributed by atoms with Gasteiger partial charge in [0.2, 0.25) is 0 Å². The highest BCUT2D eigenvalue weighted by Gasteiger charge is 2.20. The standard InChI is InChI=1S/C10H20O4.C10H18O4/c2*1-7(11)5-8(12)6-9(13)14-10(2,3)4/h7-8,11-12H,5-6H2,1-4H3;7,11H,5-6H2,1-4H3/t7-,8-;/m1./s1. The van der Waals surface area contributed by atoms with Gasteiger partial charge >= 0.3 is 11.9 Å². The number of ketones is 1. The summed E-state index contributed by atoms with van der Waals surface area (Å²) in [6.45, 7) is 13.6. The summed E-state index contributed by atoms with van der Waals surface area (Å²) in [4.78, 5) is 33.4. The van der Waals surface area contributed by atoms with E-state index in [1.54, 1.807) is 48.5 Å². The van der Waals surface area contributed by atoms with E-state index in [2.05, 4.69) is 0 Å². The predicted molar refractivity (Wildman–Crippen MR) is 105 cm³/mol. The van der Waals surface area contributed by atoms with Gasteiger partial charge in [-0.05, 0) is 61.8 Å². The summed E-state index contributed by atoms with van der Waals surface area (Å²) in [5.74, 6) is -1.27. The lowest BCUT2D eigenvalue weighted by Gasteiger charge is -2.20. The molecule has 0 amide bonds. The molecule has 0 saturated heterocycles. The van der Waals surface area contributed by atoms with Crippen LogP contribution in [0.4, 0.5) is 0 Å². The fourth-order valence-corrected chi connectivity index (χ4v) is 1.99. The molecule has 0 bridgehead atoms. The third-order valence-electron chi connectivity index (χ3n) is 2.72. The van der Waals surface area contributed by atoms with Crippen LogP contribution in [0.5, 0.6) is 0 Å². The van der Waals surface area contributed by atoms with Crippen LogP contribution in [0.25, 0.3) is 0 Å². The van der Waals surface area contributed by atoms with Gasteiger partial charge in [-0.15, -0.1) is 0 Å². The second-order valence-electron chi connectivity index (χ2n) is 8.88. The number of carbonyl (C=O) groups excluding carboxylic acids is 3. The largest absolute Gasteiger partial charge is 0.460 e. The first-order valence-corrected chi connectivity index (χ1v) is 9.41. The Hall–Kier alpha value is -1.51. The SMILES string of the molecule is CC(O)CC(=O)CC(=O)OC(C)(C)C.C[C@@H](O)C[C@@H](O)CC(=O)OC(C)(C)C. The predicted octanol–water partition coefficient (Wildman–Crippen LogP) is 1.91. The van der Waals surface area contributed by atoms with Crippen molar-refractivity contribution in [2.45, 2.75) is 111 Å². The maximum absolute atomic E-state index is 11.2. The van der Waals surface area contributed by atoms with Gasteiger partial charge in [-0.3, -0.25) is 14.4 Å². The third kappa shape index (κ3) is 22.5. The van der Waals surface area contributed by atoms with E-state index in [1.807, 2.05) is 0 Å². The fraction of sp³-hybridized carbons (Fsp3) is 0.850. The lowest BCUT2D eigenvalue weighted by atomic mass is 10.1. The van der Waals surface area contributed by atoms with Crippen molar-refractivity contribution in [2.75, 3.05) is 0 Å². The minimum Gasteiger partial charge on any atom is -0.460 e. The number of ether oxygens (including phenoxy) is 2. The number of aliphatic hydroxyl groups excluding tert-OH is 3. The summed E-state index contributed by atoms with van der Waals surface area (Å²) >= 11 is 0. The van der Waals surface area contributed by atoms with E-state index in [0.717, 1.165) is 0 Å². The number of rotatable bonds is 8. The van der Waals surface area contributed by atoms with Crippen LogP contribution in [0.15, 0.2) is 0 Å². The minimum absolute atomic E-state index is 0.000751. The quantitative estimate of drug-likeness (QED) is 0.412. The minimum atomic E-state index is -0.829. The number of carbonyl (C=O) groups is 3. The normalized spacial score (nSPS) is 14.8. The van der Waals surface area contributed by atoms with Crippen LogP contribution in [0, 0.1) is 0 Å². The molecule has 0 aromatic rings. The molecule has 28 heavy (non-hydrogen) atoms. The van der Waals surface area contributed by atoms with E-state index >= 15 is 0 Å². The highest BCUT2D eigenvalue weighted by Crippen LogP contribution is 2.11. The summed E-state index contributed by atoms with van der Waals surface area (Å²) < 4.78 is 9.96. The van der Waals surface area contributed by atoms with Crippen LogP contribution >= 0.6 is 0 Å². The first-order valence-electron chi connectivity index (χ1n) is 9.41. The van der Waals surface area contributed by atoms with Crippen molar-refractivity contribution in [3.8, 4) is 0 Å². The van der Waals surface area contributed by atoms with Gasteiger partial charge in [0, 0.05) is 6.42 Å². The van der Waals surface area contributed by atoms with Crippen molar-refractivity contribution in [2.24, 2.45) is 0 Å². The van der Waals surface area contributed by atoms with Crippen molar-refractivity contribution in [1.82, 2.24) is 0 Å². The molecule has 0 radical (unpaired) electrons. The molecule has 8 nitrogen and oxygen atoms in total. The van der Waals surface area contributed by atoms with Crippen molar-refractivity contribution in [3.05, 3.63) is 0 Å². The number of esters is 2. The van der Waals surface area contributed by atoms with Gasteiger partial charge in [0.15, 0.2) is 0 Å². The second-order valence-corrected chi connectivity index (χ2v) is 8.88. The molecule has 0 fully saturated rings. The van der Waals surface area contributed by atoms with E-state index in [0.29, 0.717) is 0 Å². The van der Waals surface area contributed by atoms with E-state index < -0.39 is 41.5 Å². The Morgan fingerprint density at radius 1 is 0.750 bits per heavy atom. The van der Waals surface area contributed by atoms with Crippen LogP contribution in [0.3, 0.4) is 0 Å². The number of Topliss-reactive ketones (excluding diaryl/α,β-unsaturated/α-hetero) is 1. The summed E-state index contributed by atoms with van der Waals surface area (Å²) in [7, 11) is 0. The Labute approximate surface area is 168 Å². The maximum Gasteiger partial charge on any atom is 0.313 e. The van der Waals surface area contributed by atoms with Crippen molar-refractivity contribution in [3.63, 3.8) is 0 Å². The van der Waals surface area contributed by atoms with Gasteiger partial charge in [-0.1, -0.05) is 0 Å². The van der Waals surface area contributed by atoms with Crippen LogP contribution in [-0.2, 0) is 23.9 Å². The Morgan fingerprint density at radius 3 is 1.54 bits per heavy atom. The molecule has 1 unspecified atom stereocenters. The number of aliphatic hydroxyl groups is 3. The van der Waals surface area contributed by atoms with Gasteiger partial charge in [0.05, 0.1) is 24.7 Å². The van der Waals surface area contributed by atoms with Gasteiger partial charge in [-0.2, -0.15) is 0 Å². The lowest BCUT2D eigenvalue weighted by molar-refractivity contribution is -0.158. The molecule has 0 rings (SSSR count). The molecule has 0 aromatic heterocycles. The monoisotopic (exact) mass is 406 g/mol. The lowest BCUT2D eigenvalue weighted by Crippen LogP contribution is -2.27. The second kappa shape index (κ2) is 12.9. The summed E-state index contributed by atoms with van der Waals surface area (Å²) in [6, 6.07) is 0. The molecule has 3 N–H and O–H groups in total.